The minimum atomic E-state index is -0.310. The summed E-state index contributed by atoms with van der Waals surface area (Å²) in [6.07, 6.45) is 1.66. The number of nitrogens with one attached hydrogen (secondary N) is 3. The number of amides is 3. The molecule has 10 nitrogen and oxygen atoms in total. The first-order valence-corrected chi connectivity index (χ1v) is 10.0. The van der Waals surface area contributed by atoms with Crippen LogP contribution in [0.2, 0.25) is 0 Å². The van der Waals surface area contributed by atoms with E-state index in [-0.39, 0.29) is 11.9 Å². The summed E-state index contributed by atoms with van der Waals surface area (Å²) >= 11 is 0. The Kier molecular flexibility index (Phi) is 7.12. The highest BCUT2D eigenvalue weighted by atomic mass is 16.2. The van der Waals surface area contributed by atoms with E-state index in [0.29, 0.717) is 24.7 Å². The Hall–Kier alpha value is -3.27. The molecule has 0 bridgehead atoms. The fraction of sp³-hybridized carbons (Fsp3) is 0.450. The Morgan fingerprint density at radius 2 is 1.87 bits per heavy atom. The number of anilines is 2. The summed E-state index contributed by atoms with van der Waals surface area (Å²) < 4.78 is 0. The van der Waals surface area contributed by atoms with Gasteiger partial charge < -0.3 is 15.5 Å². The Labute approximate surface area is 176 Å². The molecule has 3 N–H and O–H groups in total. The Morgan fingerprint density at radius 3 is 2.53 bits per heavy atom. The lowest BCUT2D eigenvalue weighted by Crippen LogP contribution is -2.46. The maximum Gasteiger partial charge on any atom is 0.321 e. The third kappa shape index (κ3) is 5.41. The lowest BCUT2D eigenvalue weighted by Gasteiger charge is -2.36. The molecule has 2 aromatic heterocycles. The second-order valence-corrected chi connectivity index (χ2v) is 7.00. The molecule has 1 aliphatic rings. The van der Waals surface area contributed by atoms with Crippen LogP contribution in [-0.4, -0.2) is 71.6 Å². The number of hydrogen-bond acceptors (Lipinski definition) is 7. The van der Waals surface area contributed by atoms with Crippen molar-refractivity contribution in [1.29, 1.82) is 0 Å². The molecule has 30 heavy (non-hydrogen) atoms. The van der Waals surface area contributed by atoms with Gasteiger partial charge in [0.05, 0.1) is 17.1 Å². The van der Waals surface area contributed by atoms with Gasteiger partial charge >= 0.3 is 6.03 Å². The van der Waals surface area contributed by atoms with Gasteiger partial charge in [-0.1, -0.05) is 0 Å². The highest BCUT2D eigenvalue weighted by Gasteiger charge is 2.20. The van der Waals surface area contributed by atoms with Gasteiger partial charge in [-0.15, -0.1) is 0 Å². The molecule has 0 spiro atoms. The molecule has 160 valence electrons. The Morgan fingerprint density at radius 1 is 1.10 bits per heavy atom. The standard InChI is InChI=1S/C20H28N8O2/c1-4-22-20(30)26-19-23-8-7-15(25-19)13-27-9-11-28(12-10-27)17-6-5-16(18(29)21-3)24-14(17)2/h5-8H,4,9-13H2,1-3H3,(H,21,29)(H2,22,23,25,26,30). The van der Waals surface area contributed by atoms with E-state index in [1.54, 1.807) is 19.3 Å². The summed E-state index contributed by atoms with van der Waals surface area (Å²) in [5, 5.41) is 7.90. The zero-order valence-electron chi connectivity index (χ0n) is 17.6. The Balaban J connectivity index is 1.56. The average Bonchev–Trinajstić information content (AvgIpc) is 2.74. The molecular weight excluding hydrogens is 384 g/mol. The minimum absolute atomic E-state index is 0.180. The second kappa shape index (κ2) is 9.97. The van der Waals surface area contributed by atoms with Crippen molar-refractivity contribution in [2.75, 3.05) is 50.0 Å². The van der Waals surface area contributed by atoms with Crippen LogP contribution in [0.25, 0.3) is 0 Å². The molecule has 0 aromatic carbocycles. The molecule has 10 heteroatoms. The van der Waals surface area contributed by atoms with Gasteiger partial charge in [0.25, 0.3) is 5.91 Å². The number of aryl methyl sites for hydroxylation is 1. The van der Waals surface area contributed by atoms with Crippen molar-refractivity contribution in [3.05, 3.63) is 41.5 Å². The first-order chi connectivity index (χ1) is 14.5. The van der Waals surface area contributed by atoms with E-state index in [0.717, 1.165) is 43.3 Å². The maximum absolute atomic E-state index is 11.8. The van der Waals surface area contributed by atoms with Gasteiger partial charge in [0, 0.05) is 52.5 Å². The van der Waals surface area contributed by atoms with Gasteiger partial charge in [0.1, 0.15) is 5.69 Å². The molecule has 1 fully saturated rings. The second-order valence-electron chi connectivity index (χ2n) is 7.00. The van der Waals surface area contributed by atoms with Crippen molar-refractivity contribution in [2.24, 2.45) is 0 Å². The topological polar surface area (TPSA) is 115 Å². The molecule has 1 aliphatic heterocycles. The zero-order chi connectivity index (χ0) is 21.5. The number of rotatable bonds is 6. The first kappa shape index (κ1) is 21.4. The number of carbonyl (C=O) groups is 2. The number of urea groups is 1. The zero-order valence-corrected chi connectivity index (χ0v) is 17.6. The van der Waals surface area contributed by atoms with Crippen molar-refractivity contribution in [3.8, 4) is 0 Å². The van der Waals surface area contributed by atoms with Gasteiger partial charge in [-0.3, -0.25) is 15.0 Å². The quantitative estimate of drug-likeness (QED) is 0.648. The summed E-state index contributed by atoms with van der Waals surface area (Å²) in [5.74, 6) is 0.121. The summed E-state index contributed by atoms with van der Waals surface area (Å²) in [6.45, 7) is 8.47. The number of pyridine rings is 1. The fourth-order valence-corrected chi connectivity index (χ4v) is 3.37. The summed E-state index contributed by atoms with van der Waals surface area (Å²) in [7, 11) is 1.60. The minimum Gasteiger partial charge on any atom is -0.368 e. The predicted molar refractivity (Wildman–Crippen MR) is 115 cm³/mol. The monoisotopic (exact) mass is 412 g/mol. The predicted octanol–water partition coefficient (Wildman–Crippen LogP) is 1.00. The van der Waals surface area contributed by atoms with Gasteiger partial charge in [0.15, 0.2) is 0 Å². The Bertz CT molecular complexity index is 896. The number of nitrogens with zero attached hydrogens (tertiary/aromatic N) is 5. The van der Waals surface area contributed by atoms with Crippen molar-refractivity contribution >= 4 is 23.6 Å². The van der Waals surface area contributed by atoms with Crippen LogP contribution in [0.15, 0.2) is 24.4 Å². The van der Waals surface area contributed by atoms with Gasteiger partial charge in [-0.05, 0) is 32.0 Å². The van der Waals surface area contributed by atoms with Crippen LogP contribution < -0.4 is 20.9 Å². The van der Waals surface area contributed by atoms with Gasteiger partial charge in [-0.2, -0.15) is 0 Å². The van der Waals surface area contributed by atoms with Crippen molar-refractivity contribution in [2.45, 2.75) is 20.4 Å². The van der Waals surface area contributed by atoms with E-state index in [4.69, 9.17) is 0 Å². The largest absolute Gasteiger partial charge is 0.368 e. The fourth-order valence-electron chi connectivity index (χ4n) is 3.37. The molecule has 3 rings (SSSR count). The molecule has 3 amide bonds. The van der Waals surface area contributed by atoms with Crippen LogP contribution in [0, 0.1) is 6.92 Å². The number of carbonyl (C=O) groups excluding carboxylic acids is 2. The molecule has 2 aromatic rings. The van der Waals surface area contributed by atoms with Crippen molar-refractivity contribution in [1.82, 2.24) is 30.5 Å². The van der Waals surface area contributed by atoms with E-state index in [1.807, 2.05) is 26.0 Å². The first-order valence-electron chi connectivity index (χ1n) is 10.0. The SMILES string of the molecule is CCNC(=O)Nc1nccc(CN2CCN(c3ccc(C(=O)NC)nc3C)CC2)n1. The lowest BCUT2D eigenvalue weighted by atomic mass is 10.2. The van der Waals surface area contributed by atoms with Crippen LogP contribution in [0.5, 0.6) is 0 Å². The van der Waals surface area contributed by atoms with Crippen LogP contribution in [0.3, 0.4) is 0 Å². The van der Waals surface area contributed by atoms with E-state index in [1.165, 1.54) is 0 Å². The molecule has 1 saturated heterocycles. The summed E-state index contributed by atoms with van der Waals surface area (Å²) in [5.41, 5.74) is 3.19. The average molecular weight is 412 g/mol. The van der Waals surface area contributed by atoms with E-state index in [9.17, 15) is 9.59 Å². The molecule has 0 unspecified atom stereocenters. The van der Waals surface area contributed by atoms with Crippen LogP contribution >= 0.6 is 0 Å². The van der Waals surface area contributed by atoms with Crippen LogP contribution in [0.1, 0.15) is 28.8 Å². The normalized spacial score (nSPS) is 14.3. The summed E-state index contributed by atoms with van der Waals surface area (Å²) in [4.78, 5) is 41.0. The van der Waals surface area contributed by atoms with Crippen LogP contribution in [-0.2, 0) is 6.54 Å². The maximum atomic E-state index is 11.8. The molecule has 0 radical (unpaired) electrons. The molecular formula is C20H28N8O2. The highest BCUT2D eigenvalue weighted by Crippen LogP contribution is 2.21. The van der Waals surface area contributed by atoms with Crippen LogP contribution in [0.4, 0.5) is 16.4 Å². The number of hydrogen-bond donors (Lipinski definition) is 3. The highest BCUT2D eigenvalue weighted by molar-refractivity contribution is 5.92. The van der Waals surface area contributed by atoms with Crippen molar-refractivity contribution in [3.63, 3.8) is 0 Å². The van der Waals surface area contributed by atoms with Gasteiger partial charge in [0.2, 0.25) is 5.95 Å². The van der Waals surface area contributed by atoms with E-state index >= 15 is 0 Å². The number of aromatic nitrogens is 3. The molecule has 0 aliphatic carbocycles. The lowest BCUT2D eigenvalue weighted by molar-refractivity contribution is 0.0958. The summed E-state index contributed by atoms with van der Waals surface area (Å²) in [6, 6.07) is 5.28. The van der Waals surface area contributed by atoms with E-state index < -0.39 is 0 Å². The van der Waals surface area contributed by atoms with E-state index in [2.05, 4.69) is 40.7 Å². The smallest absolute Gasteiger partial charge is 0.321 e. The van der Waals surface area contributed by atoms with Gasteiger partial charge in [-0.25, -0.2) is 19.7 Å². The molecule has 0 atom stereocenters. The molecule has 3 heterocycles. The van der Waals surface area contributed by atoms with Crippen molar-refractivity contribution < 1.29 is 9.59 Å². The number of piperazine rings is 1. The third-order valence-electron chi connectivity index (χ3n) is 4.89. The third-order valence-corrected chi connectivity index (χ3v) is 4.89. The molecule has 0 saturated carbocycles.